The standard InChI is InChI=1S/C9H9N3O4/c13-6(7(14)9(15)16)5-3-11-8-4(12-5)1-2-10-8/h1-3,6-7,13-14H,(H,10,11)(H,15,16). The summed E-state index contributed by atoms with van der Waals surface area (Å²) >= 11 is 0. The molecule has 84 valence electrons. The summed E-state index contributed by atoms with van der Waals surface area (Å²) in [6.07, 6.45) is -0.667. The van der Waals surface area contributed by atoms with Gasteiger partial charge in [0, 0.05) is 6.20 Å². The fourth-order valence-corrected chi connectivity index (χ4v) is 1.28. The zero-order valence-corrected chi connectivity index (χ0v) is 8.03. The second kappa shape index (κ2) is 3.87. The molecule has 2 aromatic rings. The predicted octanol–water partition coefficient (Wildman–Crippen LogP) is -0.563. The van der Waals surface area contributed by atoms with Crippen molar-refractivity contribution >= 4 is 17.1 Å². The lowest BCUT2D eigenvalue weighted by molar-refractivity contribution is -0.153. The van der Waals surface area contributed by atoms with E-state index in [4.69, 9.17) is 10.2 Å². The first-order chi connectivity index (χ1) is 7.59. The Hall–Kier alpha value is -1.99. The van der Waals surface area contributed by atoms with Crippen molar-refractivity contribution in [3.05, 3.63) is 24.2 Å². The highest BCUT2D eigenvalue weighted by Gasteiger charge is 2.26. The van der Waals surface area contributed by atoms with Crippen molar-refractivity contribution in [1.29, 1.82) is 0 Å². The highest BCUT2D eigenvalue weighted by atomic mass is 16.4. The van der Waals surface area contributed by atoms with Crippen LogP contribution in [0.25, 0.3) is 11.2 Å². The number of carboxylic acids is 1. The Bertz CT molecular complexity index is 524. The number of nitrogens with one attached hydrogen (secondary N) is 1. The Kier molecular flexibility index (Phi) is 2.55. The van der Waals surface area contributed by atoms with Crippen LogP contribution in [0.2, 0.25) is 0 Å². The highest BCUT2D eigenvalue weighted by Crippen LogP contribution is 2.16. The van der Waals surface area contributed by atoms with Crippen molar-refractivity contribution in [2.75, 3.05) is 0 Å². The Morgan fingerprint density at radius 1 is 1.44 bits per heavy atom. The SMILES string of the molecule is O=C(O)C(O)C(O)c1cnc2[nH]ccc2n1. The maximum atomic E-state index is 10.5. The van der Waals surface area contributed by atoms with Gasteiger partial charge in [-0.3, -0.25) is 0 Å². The molecule has 2 atom stereocenters. The number of carbonyl (C=O) groups is 1. The van der Waals surface area contributed by atoms with E-state index in [1.807, 2.05) is 0 Å². The first-order valence-electron chi connectivity index (χ1n) is 4.48. The Morgan fingerprint density at radius 2 is 2.19 bits per heavy atom. The highest BCUT2D eigenvalue weighted by molar-refractivity contribution is 5.73. The van der Waals surface area contributed by atoms with Crippen LogP contribution < -0.4 is 0 Å². The fraction of sp³-hybridized carbons (Fsp3) is 0.222. The quantitative estimate of drug-likeness (QED) is 0.553. The first kappa shape index (κ1) is 10.5. The Balaban J connectivity index is 2.35. The molecule has 2 heterocycles. The number of fused-ring (bicyclic) bond motifs is 1. The number of aromatic nitrogens is 3. The summed E-state index contributed by atoms with van der Waals surface area (Å²) in [5.41, 5.74) is 1.04. The number of aromatic amines is 1. The molecule has 0 spiro atoms. The van der Waals surface area contributed by atoms with Crippen LogP contribution in [0.15, 0.2) is 18.5 Å². The van der Waals surface area contributed by atoms with Gasteiger partial charge in [-0.05, 0) is 6.07 Å². The molecule has 0 saturated heterocycles. The molecule has 2 rings (SSSR count). The van der Waals surface area contributed by atoms with Crippen molar-refractivity contribution in [3.8, 4) is 0 Å². The van der Waals surface area contributed by atoms with Gasteiger partial charge in [-0.1, -0.05) is 0 Å². The van der Waals surface area contributed by atoms with Crippen molar-refractivity contribution < 1.29 is 20.1 Å². The average molecular weight is 223 g/mol. The number of hydrogen-bond acceptors (Lipinski definition) is 5. The van der Waals surface area contributed by atoms with E-state index in [1.54, 1.807) is 12.3 Å². The van der Waals surface area contributed by atoms with Crippen LogP contribution >= 0.6 is 0 Å². The minimum Gasteiger partial charge on any atom is -0.479 e. The molecule has 2 unspecified atom stereocenters. The largest absolute Gasteiger partial charge is 0.479 e. The number of H-pyrrole nitrogens is 1. The first-order valence-corrected chi connectivity index (χ1v) is 4.48. The van der Waals surface area contributed by atoms with E-state index < -0.39 is 18.2 Å². The monoisotopic (exact) mass is 223 g/mol. The number of hydrogen-bond donors (Lipinski definition) is 4. The van der Waals surface area contributed by atoms with Crippen LogP contribution in [0.1, 0.15) is 11.8 Å². The van der Waals surface area contributed by atoms with E-state index in [-0.39, 0.29) is 5.69 Å². The zero-order valence-electron chi connectivity index (χ0n) is 8.03. The van der Waals surface area contributed by atoms with Gasteiger partial charge in [-0.15, -0.1) is 0 Å². The number of aliphatic hydroxyl groups is 2. The summed E-state index contributed by atoms with van der Waals surface area (Å²) in [7, 11) is 0. The summed E-state index contributed by atoms with van der Waals surface area (Å²) in [4.78, 5) is 21.2. The van der Waals surface area contributed by atoms with Gasteiger partial charge in [0.25, 0.3) is 0 Å². The van der Waals surface area contributed by atoms with E-state index in [0.29, 0.717) is 11.2 Å². The van der Waals surface area contributed by atoms with Gasteiger partial charge in [0.05, 0.1) is 11.9 Å². The summed E-state index contributed by atoms with van der Waals surface area (Å²) in [6, 6.07) is 1.63. The lowest BCUT2D eigenvalue weighted by atomic mass is 10.1. The summed E-state index contributed by atoms with van der Waals surface area (Å²) in [5, 5.41) is 27.2. The van der Waals surface area contributed by atoms with E-state index >= 15 is 0 Å². The van der Waals surface area contributed by atoms with Crippen molar-refractivity contribution in [2.45, 2.75) is 12.2 Å². The van der Waals surface area contributed by atoms with Crippen LogP contribution in [0.3, 0.4) is 0 Å². The van der Waals surface area contributed by atoms with E-state index in [9.17, 15) is 9.90 Å². The van der Waals surface area contributed by atoms with Gasteiger partial charge in [-0.2, -0.15) is 0 Å². The molecule has 0 radical (unpaired) electrons. The van der Waals surface area contributed by atoms with Gasteiger partial charge < -0.3 is 20.3 Å². The molecule has 0 amide bonds. The summed E-state index contributed by atoms with van der Waals surface area (Å²) in [5.74, 6) is -1.51. The summed E-state index contributed by atoms with van der Waals surface area (Å²) in [6.45, 7) is 0. The molecule has 7 heteroatoms. The lowest BCUT2D eigenvalue weighted by Gasteiger charge is -2.12. The number of aliphatic carboxylic acids is 1. The molecule has 7 nitrogen and oxygen atoms in total. The molecule has 0 saturated carbocycles. The van der Waals surface area contributed by atoms with E-state index in [1.165, 1.54) is 6.20 Å². The molecule has 0 aliphatic rings. The van der Waals surface area contributed by atoms with Crippen LogP contribution in [0.4, 0.5) is 0 Å². The molecule has 0 fully saturated rings. The van der Waals surface area contributed by atoms with Crippen LogP contribution in [-0.4, -0.2) is 42.3 Å². The van der Waals surface area contributed by atoms with Crippen LogP contribution in [0, 0.1) is 0 Å². The summed E-state index contributed by atoms with van der Waals surface area (Å²) < 4.78 is 0. The second-order valence-electron chi connectivity index (χ2n) is 3.23. The lowest BCUT2D eigenvalue weighted by Crippen LogP contribution is -2.28. The van der Waals surface area contributed by atoms with Gasteiger partial charge in [0.1, 0.15) is 11.6 Å². The molecule has 0 aromatic carbocycles. The normalized spacial score (nSPS) is 14.9. The number of rotatable bonds is 3. The molecular weight excluding hydrogens is 214 g/mol. The molecule has 0 bridgehead atoms. The minimum absolute atomic E-state index is 0.0157. The van der Waals surface area contributed by atoms with Gasteiger partial charge >= 0.3 is 5.97 Å². The smallest absolute Gasteiger partial charge is 0.335 e. The topological polar surface area (TPSA) is 119 Å². The number of nitrogens with zero attached hydrogens (tertiary/aromatic N) is 2. The van der Waals surface area contributed by atoms with Gasteiger partial charge in [0.15, 0.2) is 11.8 Å². The Morgan fingerprint density at radius 3 is 2.88 bits per heavy atom. The minimum atomic E-state index is -1.91. The molecule has 2 aromatic heterocycles. The third-order valence-electron chi connectivity index (χ3n) is 2.13. The van der Waals surface area contributed by atoms with Crippen LogP contribution in [-0.2, 0) is 4.79 Å². The Labute approximate surface area is 89.4 Å². The van der Waals surface area contributed by atoms with Gasteiger partial charge in [0.2, 0.25) is 0 Å². The molecule has 16 heavy (non-hydrogen) atoms. The molecule has 0 aliphatic carbocycles. The molecule has 4 N–H and O–H groups in total. The van der Waals surface area contributed by atoms with Crippen molar-refractivity contribution in [3.63, 3.8) is 0 Å². The van der Waals surface area contributed by atoms with E-state index in [2.05, 4.69) is 15.0 Å². The van der Waals surface area contributed by atoms with E-state index in [0.717, 1.165) is 0 Å². The number of aliphatic hydroxyl groups excluding tert-OH is 2. The fourth-order valence-electron chi connectivity index (χ4n) is 1.28. The molecule has 0 aliphatic heterocycles. The maximum Gasteiger partial charge on any atom is 0.335 e. The van der Waals surface area contributed by atoms with Crippen molar-refractivity contribution in [2.24, 2.45) is 0 Å². The maximum absolute atomic E-state index is 10.5. The average Bonchev–Trinajstić information content (AvgIpc) is 2.73. The third-order valence-corrected chi connectivity index (χ3v) is 2.13. The van der Waals surface area contributed by atoms with Gasteiger partial charge in [-0.25, -0.2) is 14.8 Å². The number of carboxylic acid groups (broad SMARTS) is 1. The molecular formula is C9H9N3O4. The second-order valence-corrected chi connectivity index (χ2v) is 3.23. The zero-order chi connectivity index (χ0) is 11.7. The predicted molar refractivity (Wildman–Crippen MR) is 52.5 cm³/mol. The van der Waals surface area contributed by atoms with Crippen molar-refractivity contribution in [1.82, 2.24) is 15.0 Å². The third kappa shape index (κ3) is 1.73. The van der Waals surface area contributed by atoms with Crippen LogP contribution in [0.5, 0.6) is 0 Å².